The highest BCUT2D eigenvalue weighted by Crippen LogP contribution is 2.23. The molecule has 2 aromatic heterocycles. The Bertz CT molecular complexity index is 1790. The molecule has 1 saturated heterocycles. The van der Waals surface area contributed by atoms with E-state index in [1.807, 2.05) is 55.5 Å². The Hall–Kier alpha value is -5.50. The number of primary amides is 1. The van der Waals surface area contributed by atoms with Crippen LogP contribution in [-0.2, 0) is 18.3 Å². The second-order valence-corrected chi connectivity index (χ2v) is 9.36. The van der Waals surface area contributed by atoms with Gasteiger partial charge >= 0.3 is 0 Å². The number of nitrogens with two attached hydrogens (primary N) is 2. The van der Waals surface area contributed by atoms with Gasteiger partial charge in [0.25, 0.3) is 11.5 Å². The predicted molar refractivity (Wildman–Crippen MR) is 164 cm³/mol. The van der Waals surface area contributed by atoms with Gasteiger partial charge in [-0.2, -0.15) is 5.10 Å². The summed E-state index contributed by atoms with van der Waals surface area (Å²) in [6, 6.07) is 15.1. The molecule has 5 rings (SSSR count). The molecule has 4 aromatic rings. The van der Waals surface area contributed by atoms with Gasteiger partial charge in [-0.3, -0.25) is 19.0 Å². The minimum atomic E-state index is -0.646. The molecule has 11 nitrogen and oxygen atoms in total. The van der Waals surface area contributed by atoms with Gasteiger partial charge in [-0.25, -0.2) is 14.7 Å². The molecule has 0 radical (unpaired) electrons. The van der Waals surface area contributed by atoms with E-state index in [2.05, 4.69) is 28.5 Å². The maximum Gasteiger partial charge on any atom is 0.267 e. The molecule has 0 unspecified atom stereocenters. The van der Waals surface area contributed by atoms with Gasteiger partial charge in [0.15, 0.2) is 11.6 Å². The van der Waals surface area contributed by atoms with E-state index >= 15 is 0 Å². The summed E-state index contributed by atoms with van der Waals surface area (Å²) in [5, 5.41) is 4.35. The Labute approximate surface area is 243 Å². The number of carbonyl (C=O) groups is 2. The molecule has 2 amide bonds. The van der Waals surface area contributed by atoms with Crippen LogP contribution >= 0.6 is 0 Å². The van der Waals surface area contributed by atoms with E-state index < -0.39 is 5.91 Å². The molecular formula is C31H32N8O3. The van der Waals surface area contributed by atoms with Crippen LogP contribution in [0, 0.1) is 11.8 Å². The predicted octanol–water partition coefficient (Wildman–Crippen LogP) is 2.91. The molecule has 214 valence electrons. The summed E-state index contributed by atoms with van der Waals surface area (Å²) in [5.41, 5.74) is 12.7. The number of nitrogens with zero attached hydrogens (tertiary/aromatic N) is 6. The largest absolute Gasteiger partial charge is 0.381 e. The average Bonchev–Trinajstić information content (AvgIpc) is 3.52. The lowest BCUT2D eigenvalue weighted by molar-refractivity contribution is -0.127. The zero-order valence-corrected chi connectivity index (χ0v) is 23.6. The average molecular weight is 565 g/mol. The highest BCUT2D eigenvalue weighted by Gasteiger charge is 2.19. The fraction of sp³-hybridized carbons (Fsp3) is 0.226. The number of carbonyl (C=O) groups excluding carboxylic acids is 2. The molecule has 42 heavy (non-hydrogen) atoms. The summed E-state index contributed by atoms with van der Waals surface area (Å²) in [7, 11) is 1.62. The van der Waals surface area contributed by atoms with Crippen LogP contribution in [0.2, 0.25) is 0 Å². The van der Waals surface area contributed by atoms with E-state index in [4.69, 9.17) is 16.5 Å². The van der Waals surface area contributed by atoms with E-state index in [1.165, 1.54) is 17.0 Å². The van der Waals surface area contributed by atoms with Crippen molar-refractivity contribution in [3.05, 3.63) is 88.5 Å². The number of amides is 2. The van der Waals surface area contributed by atoms with Crippen molar-refractivity contribution in [2.24, 2.45) is 17.8 Å². The number of rotatable bonds is 6. The van der Waals surface area contributed by atoms with Crippen LogP contribution < -0.4 is 17.0 Å². The smallest absolute Gasteiger partial charge is 0.267 e. The van der Waals surface area contributed by atoms with E-state index in [-0.39, 0.29) is 22.8 Å². The van der Waals surface area contributed by atoms with E-state index in [1.54, 1.807) is 16.5 Å². The molecule has 2 aromatic carbocycles. The SMILES string of the molecule is C=C/C=N\c1c(C(N)=O)c(N)nn1C.CCc1nc2cccc(C#CCN3CCCC3=O)c2c(=O)n1-c1ccccc1. The zero-order valence-electron chi connectivity index (χ0n) is 23.6. The first-order valence-corrected chi connectivity index (χ1v) is 13.4. The maximum absolute atomic E-state index is 13.4. The monoisotopic (exact) mass is 564 g/mol. The number of hydrogen-bond donors (Lipinski definition) is 2. The first-order valence-electron chi connectivity index (χ1n) is 13.4. The van der Waals surface area contributed by atoms with E-state index in [9.17, 15) is 14.4 Å². The van der Waals surface area contributed by atoms with Crippen molar-refractivity contribution in [2.75, 3.05) is 18.8 Å². The molecule has 4 N–H and O–H groups in total. The van der Waals surface area contributed by atoms with Gasteiger partial charge in [0.2, 0.25) is 5.91 Å². The second kappa shape index (κ2) is 13.2. The number of likely N-dealkylation sites (tertiary alicyclic amines) is 1. The Morgan fingerprint density at radius 1 is 1.17 bits per heavy atom. The van der Waals surface area contributed by atoms with Gasteiger partial charge in [-0.1, -0.05) is 55.7 Å². The number of nitrogen functional groups attached to an aromatic ring is 1. The summed E-state index contributed by atoms with van der Waals surface area (Å²) in [6.45, 7) is 6.60. The van der Waals surface area contributed by atoms with Gasteiger partial charge in [-0.15, -0.1) is 0 Å². The zero-order chi connectivity index (χ0) is 30.2. The van der Waals surface area contributed by atoms with Gasteiger partial charge in [0.05, 0.1) is 23.1 Å². The van der Waals surface area contributed by atoms with Crippen molar-refractivity contribution in [1.29, 1.82) is 0 Å². The fourth-order valence-electron chi connectivity index (χ4n) is 4.61. The molecule has 0 atom stereocenters. The van der Waals surface area contributed by atoms with Gasteiger partial charge in [-0.05, 0) is 30.7 Å². The number of aryl methyl sites for hydroxylation is 2. The molecule has 0 aliphatic carbocycles. The van der Waals surface area contributed by atoms with Crippen molar-refractivity contribution >= 4 is 40.6 Å². The minimum Gasteiger partial charge on any atom is -0.381 e. The van der Waals surface area contributed by atoms with Crippen LogP contribution in [0.25, 0.3) is 16.6 Å². The fourth-order valence-corrected chi connectivity index (χ4v) is 4.61. The summed E-state index contributed by atoms with van der Waals surface area (Å²) >= 11 is 0. The maximum atomic E-state index is 13.4. The third kappa shape index (κ3) is 6.28. The van der Waals surface area contributed by atoms with Crippen molar-refractivity contribution < 1.29 is 9.59 Å². The highest BCUT2D eigenvalue weighted by molar-refractivity contribution is 6.02. The molecule has 11 heteroatoms. The molecule has 0 saturated carbocycles. The van der Waals surface area contributed by atoms with E-state index in [0.29, 0.717) is 41.7 Å². The Morgan fingerprint density at radius 3 is 2.57 bits per heavy atom. The standard InChI is InChI=1S/C23H21N3O2.C8H11N5O/c1-2-20-24-19-13-6-9-17(10-7-15-25-16-8-14-21(25)27)22(19)23(28)26(20)18-11-4-3-5-12-18;1-3-4-11-8-5(7(10)14)6(9)12-13(8)2/h3-6,9,11-13H,2,8,14-16H2,1H3;3-4H,1H2,2H3,(H2,9,12)(H2,10,14)/b;11-4-. The summed E-state index contributed by atoms with van der Waals surface area (Å²) in [5.74, 6) is 6.78. The lowest BCUT2D eigenvalue weighted by Gasteiger charge is -2.13. The van der Waals surface area contributed by atoms with Crippen LogP contribution in [0.1, 0.15) is 41.5 Å². The van der Waals surface area contributed by atoms with Gasteiger partial charge in [0, 0.05) is 38.2 Å². The molecule has 1 fully saturated rings. The second-order valence-electron chi connectivity index (χ2n) is 9.36. The number of anilines is 1. The number of benzene rings is 2. The quantitative estimate of drug-likeness (QED) is 0.271. The van der Waals surface area contributed by atoms with Crippen molar-refractivity contribution in [3.63, 3.8) is 0 Å². The van der Waals surface area contributed by atoms with Crippen molar-refractivity contribution in [3.8, 4) is 17.5 Å². The van der Waals surface area contributed by atoms with Crippen molar-refractivity contribution in [2.45, 2.75) is 26.2 Å². The van der Waals surface area contributed by atoms with Gasteiger partial charge in [0.1, 0.15) is 11.4 Å². The Morgan fingerprint density at radius 2 is 1.93 bits per heavy atom. The Balaban J connectivity index is 0.000000244. The number of allylic oxidation sites excluding steroid dienone is 1. The van der Waals surface area contributed by atoms with Gasteiger partial charge < -0.3 is 16.4 Å². The summed E-state index contributed by atoms with van der Waals surface area (Å²) < 4.78 is 3.05. The molecular weight excluding hydrogens is 532 g/mol. The third-order valence-electron chi connectivity index (χ3n) is 6.55. The number of para-hydroxylation sites is 1. The lowest BCUT2D eigenvalue weighted by atomic mass is 10.1. The molecule has 3 heterocycles. The molecule has 1 aliphatic rings. The van der Waals surface area contributed by atoms with Crippen LogP contribution in [0.4, 0.5) is 11.6 Å². The number of fused-ring (bicyclic) bond motifs is 1. The van der Waals surface area contributed by atoms with E-state index in [0.717, 1.165) is 24.5 Å². The van der Waals surface area contributed by atoms with Crippen LogP contribution in [0.3, 0.4) is 0 Å². The molecule has 1 aliphatic heterocycles. The summed E-state index contributed by atoms with van der Waals surface area (Å²) in [6.07, 6.45) is 5.05. The first kappa shape index (κ1) is 29.5. The Kier molecular flexibility index (Phi) is 9.29. The minimum absolute atomic E-state index is 0.0798. The molecule has 0 spiro atoms. The highest BCUT2D eigenvalue weighted by atomic mass is 16.2. The van der Waals surface area contributed by atoms with Crippen LogP contribution in [0.15, 0.2) is 71.0 Å². The van der Waals surface area contributed by atoms with Crippen LogP contribution in [0.5, 0.6) is 0 Å². The number of aromatic nitrogens is 4. The number of aliphatic imine (C=N–C) groups is 1. The normalized spacial score (nSPS) is 12.6. The van der Waals surface area contributed by atoms with Crippen molar-refractivity contribution in [1.82, 2.24) is 24.2 Å². The summed E-state index contributed by atoms with van der Waals surface area (Å²) in [4.78, 5) is 46.6. The third-order valence-corrected chi connectivity index (χ3v) is 6.55. The lowest BCUT2D eigenvalue weighted by Crippen LogP contribution is -2.25. The molecule has 0 bridgehead atoms. The topological polar surface area (TPSA) is 154 Å². The first-order chi connectivity index (χ1) is 20.3. The van der Waals surface area contributed by atoms with Crippen LogP contribution in [-0.4, -0.2) is 55.3 Å². The number of hydrogen-bond acceptors (Lipinski definition) is 7.